The van der Waals surface area contributed by atoms with Crippen molar-refractivity contribution in [1.29, 1.82) is 0 Å². The van der Waals surface area contributed by atoms with Gasteiger partial charge in [0.25, 0.3) is 0 Å². The van der Waals surface area contributed by atoms with Crippen LogP contribution in [0.1, 0.15) is 6.92 Å². The van der Waals surface area contributed by atoms with Gasteiger partial charge in [0.1, 0.15) is 11.5 Å². The van der Waals surface area contributed by atoms with Crippen LogP contribution in [0.15, 0.2) is 36.4 Å². The molecule has 2 aromatic carbocycles. The van der Waals surface area contributed by atoms with Gasteiger partial charge in [-0.05, 0) is 43.3 Å². The first-order valence-electron chi connectivity index (χ1n) is 7.53. The molecular weight excluding hydrogens is 420 g/mol. The van der Waals surface area contributed by atoms with E-state index in [1.54, 1.807) is 12.1 Å². The van der Waals surface area contributed by atoms with Crippen LogP contribution in [0.4, 0.5) is 4.39 Å². The van der Waals surface area contributed by atoms with Crippen molar-refractivity contribution in [2.45, 2.75) is 13.0 Å². The van der Waals surface area contributed by atoms with Crippen LogP contribution < -0.4 is 4.74 Å². The molecule has 140 valence electrons. The zero-order valence-corrected chi connectivity index (χ0v) is 15.9. The summed E-state index contributed by atoms with van der Waals surface area (Å²) < 4.78 is 20.8. The van der Waals surface area contributed by atoms with E-state index in [0.29, 0.717) is 10.6 Å². The van der Waals surface area contributed by atoms with E-state index in [1.807, 2.05) is 0 Å². The van der Waals surface area contributed by atoms with Crippen LogP contribution in [0.2, 0.25) is 15.1 Å². The minimum absolute atomic E-state index is 0.0331. The Morgan fingerprint density at radius 2 is 1.85 bits per heavy atom. The SMILES string of the molecule is CC(Oc1nc(-c2ccc(Cl)cc2Cl)n(-c2ccc(Cl)cc2F)n1)C(=O)O. The molecule has 0 spiro atoms. The smallest absolute Gasteiger partial charge is 0.344 e. The Bertz CT molecular complexity index is 957. The Labute approximate surface area is 168 Å². The molecule has 0 aliphatic heterocycles. The Hall–Kier alpha value is -2.35. The van der Waals surface area contributed by atoms with Gasteiger partial charge < -0.3 is 9.84 Å². The van der Waals surface area contributed by atoms with Crippen LogP contribution in [-0.2, 0) is 4.79 Å². The van der Waals surface area contributed by atoms with E-state index in [-0.39, 0.29) is 27.6 Å². The van der Waals surface area contributed by atoms with Gasteiger partial charge in [0.2, 0.25) is 0 Å². The molecule has 0 saturated heterocycles. The summed E-state index contributed by atoms with van der Waals surface area (Å²) in [4.78, 5) is 15.2. The van der Waals surface area contributed by atoms with E-state index < -0.39 is 17.9 Å². The number of benzene rings is 2. The quantitative estimate of drug-likeness (QED) is 0.624. The molecular formula is C17H11Cl3FN3O3. The van der Waals surface area contributed by atoms with Crippen LogP contribution in [0.25, 0.3) is 17.1 Å². The number of hydrogen-bond donors (Lipinski definition) is 1. The number of aliphatic carboxylic acids is 1. The molecule has 1 atom stereocenters. The van der Waals surface area contributed by atoms with Gasteiger partial charge in [-0.25, -0.2) is 13.9 Å². The van der Waals surface area contributed by atoms with E-state index in [0.717, 1.165) is 10.7 Å². The number of carboxylic acid groups (broad SMARTS) is 1. The van der Waals surface area contributed by atoms with Crippen LogP contribution in [0, 0.1) is 5.82 Å². The zero-order chi connectivity index (χ0) is 19.7. The number of carboxylic acids is 1. The number of rotatable bonds is 5. The molecule has 0 bridgehead atoms. The van der Waals surface area contributed by atoms with E-state index in [4.69, 9.17) is 44.6 Å². The average molecular weight is 431 g/mol. The summed E-state index contributed by atoms with van der Waals surface area (Å²) in [7, 11) is 0. The molecule has 1 N–H and O–H groups in total. The minimum atomic E-state index is -1.20. The minimum Gasteiger partial charge on any atom is -0.479 e. The number of hydrogen-bond acceptors (Lipinski definition) is 4. The van der Waals surface area contributed by atoms with Crippen molar-refractivity contribution in [3.8, 4) is 23.1 Å². The number of carbonyl (C=O) groups is 1. The predicted molar refractivity (Wildman–Crippen MR) is 99.5 cm³/mol. The fourth-order valence-corrected chi connectivity index (χ4v) is 2.87. The summed E-state index contributed by atoms with van der Waals surface area (Å²) in [6.45, 7) is 1.32. The second-order valence-corrected chi connectivity index (χ2v) is 6.73. The van der Waals surface area contributed by atoms with Crippen LogP contribution in [0.5, 0.6) is 6.01 Å². The third kappa shape index (κ3) is 4.16. The molecule has 27 heavy (non-hydrogen) atoms. The third-order valence-electron chi connectivity index (χ3n) is 3.53. The maximum Gasteiger partial charge on any atom is 0.344 e. The zero-order valence-electron chi connectivity index (χ0n) is 13.7. The molecule has 1 unspecified atom stereocenters. The van der Waals surface area contributed by atoms with Crippen LogP contribution >= 0.6 is 34.8 Å². The molecule has 1 aromatic heterocycles. The lowest BCUT2D eigenvalue weighted by Crippen LogP contribution is -2.23. The molecule has 0 radical (unpaired) electrons. The first kappa shape index (κ1) is 19.4. The van der Waals surface area contributed by atoms with Gasteiger partial charge in [0.15, 0.2) is 11.9 Å². The first-order valence-corrected chi connectivity index (χ1v) is 8.67. The van der Waals surface area contributed by atoms with E-state index in [2.05, 4.69) is 10.1 Å². The maximum atomic E-state index is 14.4. The highest BCUT2D eigenvalue weighted by Crippen LogP contribution is 2.32. The second-order valence-electron chi connectivity index (χ2n) is 5.45. The number of nitrogens with zero attached hydrogens (tertiary/aromatic N) is 3. The van der Waals surface area contributed by atoms with Crippen molar-refractivity contribution >= 4 is 40.8 Å². The largest absolute Gasteiger partial charge is 0.479 e. The fraction of sp³-hybridized carbons (Fsp3) is 0.118. The fourth-order valence-electron chi connectivity index (χ4n) is 2.22. The highest BCUT2D eigenvalue weighted by Gasteiger charge is 2.22. The van der Waals surface area contributed by atoms with Gasteiger partial charge in [0, 0.05) is 15.6 Å². The summed E-state index contributed by atoms with van der Waals surface area (Å²) in [5.41, 5.74) is 0.437. The van der Waals surface area contributed by atoms with Crippen molar-refractivity contribution in [3.63, 3.8) is 0 Å². The molecule has 6 nitrogen and oxygen atoms in total. The van der Waals surface area contributed by atoms with Gasteiger partial charge in [0.05, 0.1) is 5.02 Å². The van der Waals surface area contributed by atoms with Crippen molar-refractivity contribution < 1.29 is 19.0 Å². The standard InChI is InChI=1S/C17H11Cl3FN3O3/c1-8(16(25)26)27-17-22-15(11-4-2-9(18)6-12(11)20)24(23-17)14-5-3-10(19)7-13(14)21/h2-8H,1H3,(H,25,26). The van der Waals surface area contributed by atoms with Crippen LogP contribution in [0.3, 0.4) is 0 Å². The highest BCUT2D eigenvalue weighted by atomic mass is 35.5. The average Bonchev–Trinajstić information content (AvgIpc) is 2.97. The maximum absolute atomic E-state index is 14.4. The lowest BCUT2D eigenvalue weighted by molar-refractivity contribution is -0.144. The van der Waals surface area contributed by atoms with E-state index >= 15 is 0 Å². The van der Waals surface area contributed by atoms with Gasteiger partial charge in [-0.15, -0.1) is 5.10 Å². The summed E-state index contributed by atoms with van der Waals surface area (Å²) in [5, 5.41) is 13.9. The van der Waals surface area contributed by atoms with E-state index in [1.165, 1.54) is 25.1 Å². The van der Waals surface area contributed by atoms with Crippen molar-refractivity contribution in [2.75, 3.05) is 0 Å². The Morgan fingerprint density at radius 3 is 2.48 bits per heavy atom. The Balaban J connectivity index is 2.17. The lowest BCUT2D eigenvalue weighted by atomic mass is 10.2. The second kappa shape index (κ2) is 7.72. The number of aromatic nitrogens is 3. The lowest BCUT2D eigenvalue weighted by Gasteiger charge is -2.08. The summed E-state index contributed by atoms with van der Waals surface area (Å²) in [6.07, 6.45) is -1.20. The predicted octanol–water partition coefficient (Wildman–Crippen LogP) is 4.89. The van der Waals surface area contributed by atoms with Crippen molar-refractivity contribution in [1.82, 2.24) is 14.8 Å². The molecule has 0 fully saturated rings. The normalized spacial score (nSPS) is 12.0. The first-order chi connectivity index (χ1) is 12.8. The molecule has 0 aliphatic carbocycles. The molecule has 0 amide bonds. The topological polar surface area (TPSA) is 77.2 Å². The molecule has 0 aliphatic rings. The summed E-state index contributed by atoms with van der Waals surface area (Å²) in [6, 6.07) is 8.42. The van der Waals surface area contributed by atoms with Crippen LogP contribution in [-0.4, -0.2) is 31.9 Å². The highest BCUT2D eigenvalue weighted by molar-refractivity contribution is 6.36. The molecule has 3 rings (SSSR count). The molecule has 0 saturated carbocycles. The van der Waals surface area contributed by atoms with Gasteiger partial charge >= 0.3 is 12.0 Å². The molecule has 1 heterocycles. The van der Waals surface area contributed by atoms with Crippen molar-refractivity contribution in [2.24, 2.45) is 0 Å². The monoisotopic (exact) mass is 429 g/mol. The molecule has 10 heteroatoms. The van der Waals surface area contributed by atoms with Crippen molar-refractivity contribution in [3.05, 3.63) is 57.3 Å². The Kier molecular flexibility index (Phi) is 5.55. The Morgan fingerprint density at radius 1 is 1.19 bits per heavy atom. The van der Waals surface area contributed by atoms with Gasteiger partial charge in [-0.2, -0.15) is 4.98 Å². The van der Waals surface area contributed by atoms with Gasteiger partial charge in [-0.3, -0.25) is 0 Å². The number of halogens is 4. The van der Waals surface area contributed by atoms with Gasteiger partial charge in [-0.1, -0.05) is 34.8 Å². The summed E-state index contributed by atoms with van der Waals surface area (Å²) >= 11 is 18.0. The summed E-state index contributed by atoms with van der Waals surface area (Å²) in [5.74, 6) is -1.71. The van der Waals surface area contributed by atoms with E-state index in [9.17, 15) is 9.18 Å². The third-order valence-corrected chi connectivity index (χ3v) is 4.31. The number of ether oxygens (including phenoxy) is 1. The molecule has 3 aromatic rings.